The third-order valence-corrected chi connectivity index (χ3v) is 3.81. The molecule has 2 heterocycles. The maximum Gasteiger partial charge on any atom is 0.347 e. The summed E-state index contributed by atoms with van der Waals surface area (Å²) < 4.78 is 5.08. The lowest BCUT2D eigenvalue weighted by atomic mass is 10.3. The Labute approximate surface area is 130 Å². The lowest BCUT2D eigenvalue weighted by Crippen LogP contribution is -2.29. The number of rotatable bonds is 6. The van der Waals surface area contributed by atoms with Crippen molar-refractivity contribution in [2.24, 2.45) is 0 Å². The summed E-state index contributed by atoms with van der Waals surface area (Å²) in [6.45, 7) is 3.99. The largest absolute Gasteiger partial charge is 0.477 e. The molecule has 0 aliphatic carbocycles. The number of hydrogen-bond acceptors (Lipinski definition) is 7. The van der Waals surface area contributed by atoms with Gasteiger partial charge in [-0.25, -0.2) is 9.78 Å². The number of thiazole rings is 1. The molecule has 22 heavy (non-hydrogen) atoms. The van der Waals surface area contributed by atoms with Gasteiger partial charge < -0.3 is 14.9 Å². The van der Waals surface area contributed by atoms with Crippen molar-refractivity contribution in [1.29, 1.82) is 0 Å². The second kappa shape index (κ2) is 6.67. The van der Waals surface area contributed by atoms with Crippen molar-refractivity contribution in [2.45, 2.75) is 20.4 Å². The van der Waals surface area contributed by atoms with Gasteiger partial charge >= 0.3 is 5.97 Å². The second-order valence-electron chi connectivity index (χ2n) is 4.89. The van der Waals surface area contributed by atoms with Gasteiger partial charge in [-0.2, -0.15) is 0 Å². The first kappa shape index (κ1) is 16.1. The number of likely N-dealkylation sites (N-methyl/N-ethyl adjacent to an activating group) is 1. The minimum Gasteiger partial charge on any atom is -0.477 e. The predicted molar refractivity (Wildman–Crippen MR) is 80.0 cm³/mol. The summed E-state index contributed by atoms with van der Waals surface area (Å²) >= 11 is 0.941. The van der Waals surface area contributed by atoms with Gasteiger partial charge in [0.05, 0.1) is 24.5 Å². The van der Waals surface area contributed by atoms with Crippen LogP contribution in [0.25, 0.3) is 0 Å². The minimum atomic E-state index is -1.05. The molecule has 118 valence electrons. The van der Waals surface area contributed by atoms with Crippen LogP contribution in [-0.4, -0.2) is 45.6 Å². The molecule has 8 nitrogen and oxygen atoms in total. The molecule has 2 N–H and O–H groups in total. The van der Waals surface area contributed by atoms with Crippen LogP contribution in [0.5, 0.6) is 0 Å². The number of aromatic nitrogens is 2. The van der Waals surface area contributed by atoms with Gasteiger partial charge in [0, 0.05) is 6.07 Å². The van der Waals surface area contributed by atoms with Gasteiger partial charge in [0.25, 0.3) is 0 Å². The van der Waals surface area contributed by atoms with E-state index in [-0.39, 0.29) is 22.5 Å². The molecule has 0 bridgehead atoms. The van der Waals surface area contributed by atoms with Crippen molar-refractivity contribution in [2.75, 3.05) is 18.9 Å². The Hall–Kier alpha value is -2.26. The van der Waals surface area contributed by atoms with Gasteiger partial charge in [0.2, 0.25) is 5.91 Å². The van der Waals surface area contributed by atoms with Crippen molar-refractivity contribution in [3.63, 3.8) is 0 Å². The summed E-state index contributed by atoms with van der Waals surface area (Å²) in [6, 6.07) is 1.80. The number of aromatic carboxylic acids is 1. The molecule has 9 heteroatoms. The van der Waals surface area contributed by atoms with E-state index in [1.54, 1.807) is 24.9 Å². The van der Waals surface area contributed by atoms with Crippen LogP contribution in [-0.2, 0) is 11.3 Å². The summed E-state index contributed by atoms with van der Waals surface area (Å²) in [7, 11) is 1.77. The highest BCUT2D eigenvalue weighted by molar-refractivity contribution is 7.17. The van der Waals surface area contributed by atoms with Crippen molar-refractivity contribution in [3.8, 4) is 0 Å². The van der Waals surface area contributed by atoms with Crippen LogP contribution in [0, 0.1) is 13.8 Å². The van der Waals surface area contributed by atoms with E-state index in [9.17, 15) is 9.59 Å². The quantitative estimate of drug-likeness (QED) is 0.829. The number of nitrogens with one attached hydrogen (secondary N) is 1. The number of hydrogen-bond donors (Lipinski definition) is 2. The van der Waals surface area contributed by atoms with E-state index in [1.165, 1.54) is 0 Å². The SMILES string of the molecule is Cc1cc(CN(C)CC(=O)Nc2nc(C)c(C(=O)O)s2)on1. The average molecular weight is 324 g/mol. The molecule has 2 aromatic heterocycles. The summed E-state index contributed by atoms with van der Waals surface area (Å²) in [5, 5.41) is 15.6. The zero-order valence-electron chi connectivity index (χ0n) is 12.4. The van der Waals surface area contributed by atoms with Crippen molar-refractivity contribution >= 4 is 28.3 Å². The van der Waals surface area contributed by atoms with Gasteiger partial charge in [-0.1, -0.05) is 16.5 Å². The van der Waals surface area contributed by atoms with Crippen LogP contribution >= 0.6 is 11.3 Å². The molecule has 0 aliphatic heterocycles. The number of carbonyl (C=O) groups excluding carboxylic acids is 1. The fourth-order valence-electron chi connectivity index (χ4n) is 1.87. The van der Waals surface area contributed by atoms with Gasteiger partial charge in [-0.3, -0.25) is 9.69 Å². The molecule has 0 aliphatic rings. The van der Waals surface area contributed by atoms with Crippen LogP contribution in [0.2, 0.25) is 0 Å². The Balaban J connectivity index is 1.89. The molecule has 0 unspecified atom stereocenters. The molecule has 0 saturated carbocycles. The first-order valence-electron chi connectivity index (χ1n) is 6.46. The maximum absolute atomic E-state index is 11.9. The van der Waals surface area contributed by atoms with Crippen LogP contribution in [0.15, 0.2) is 10.6 Å². The zero-order valence-corrected chi connectivity index (χ0v) is 13.2. The number of anilines is 1. The highest BCUT2D eigenvalue weighted by atomic mass is 32.1. The second-order valence-corrected chi connectivity index (χ2v) is 5.89. The normalized spacial score (nSPS) is 10.9. The van der Waals surface area contributed by atoms with E-state index in [4.69, 9.17) is 9.63 Å². The molecular weight excluding hydrogens is 308 g/mol. The summed E-state index contributed by atoms with van der Waals surface area (Å²) in [4.78, 5) is 28.8. The van der Waals surface area contributed by atoms with Gasteiger partial charge in [0.15, 0.2) is 10.9 Å². The van der Waals surface area contributed by atoms with E-state index >= 15 is 0 Å². The first-order chi connectivity index (χ1) is 10.3. The number of carbonyl (C=O) groups is 2. The summed E-state index contributed by atoms with van der Waals surface area (Å²) in [5.74, 6) is -0.649. The Morgan fingerprint density at radius 1 is 1.45 bits per heavy atom. The smallest absolute Gasteiger partial charge is 0.347 e. The van der Waals surface area contributed by atoms with Crippen LogP contribution in [0.1, 0.15) is 26.8 Å². The lowest BCUT2D eigenvalue weighted by Gasteiger charge is -2.13. The number of amides is 1. The minimum absolute atomic E-state index is 0.126. The highest BCUT2D eigenvalue weighted by Crippen LogP contribution is 2.22. The molecule has 1 amide bonds. The fraction of sp³-hybridized carbons (Fsp3) is 0.385. The van der Waals surface area contributed by atoms with Crippen LogP contribution in [0.3, 0.4) is 0 Å². The van der Waals surface area contributed by atoms with Crippen molar-refractivity contribution < 1.29 is 19.2 Å². The fourth-order valence-corrected chi connectivity index (χ4v) is 2.69. The van der Waals surface area contributed by atoms with E-state index in [2.05, 4.69) is 15.5 Å². The van der Waals surface area contributed by atoms with E-state index < -0.39 is 5.97 Å². The molecule has 0 saturated heterocycles. The van der Waals surface area contributed by atoms with Crippen LogP contribution < -0.4 is 5.32 Å². The Bertz CT molecular complexity index is 694. The Morgan fingerprint density at radius 3 is 2.73 bits per heavy atom. The van der Waals surface area contributed by atoms with E-state index in [0.29, 0.717) is 18.0 Å². The monoisotopic (exact) mass is 324 g/mol. The number of carboxylic acids is 1. The Morgan fingerprint density at radius 2 is 2.18 bits per heavy atom. The highest BCUT2D eigenvalue weighted by Gasteiger charge is 2.16. The maximum atomic E-state index is 11.9. The molecule has 2 rings (SSSR count). The van der Waals surface area contributed by atoms with E-state index in [0.717, 1.165) is 17.0 Å². The topological polar surface area (TPSA) is 109 Å². The number of aryl methyl sites for hydroxylation is 2. The standard InChI is InChI=1S/C13H16N4O4S/c1-7-4-9(21-16-7)5-17(3)6-10(18)15-13-14-8(2)11(22-13)12(19)20/h4H,5-6H2,1-3H3,(H,19,20)(H,14,15,18). The van der Waals surface area contributed by atoms with E-state index in [1.807, 2.05) is 6.92 Å². The third-order valence-electron chi connectivity index (χ3n) is 2.75. The molecule has 0 radical (unpaired) electrons. The van der Waals surface area contributed by atoms with Gasteiger partial charge in [-0.05, 0) is 20.9 Å². The molecule has 0 fully saturated rings. The predicted octanol–water partition coefficient (Wildman–Crippen LogP) is 1.52. The molecule has 0 aromatic carbocycles. The summed E-state index contributed by atoms with van der Waals surface area (Å²) in [5.41, 5.74) is 1.17. The molecule has 0 spiro atoms. The van der Waals surface area contributed by atoms with Crippen molar-refractivity contribution in [3.05, 3.63) is 28.1 Å². The summed E-state index contributed by atoms with van der Waals surface area (Å²) in [6.07, 6.45) is 0. The van der Waals surface area contributed by atoms with Gasteiger partial charge in [0.1, 0.15) is 4.88 Å². The lowest BCUT2D eigenvalue weighted by molar-refractivity contribution is -0.117. The Kier molecular flexibility index (Phi) is 4.88. The molecule has 2 aromatic rings. The van der Waals surface area contributed by atoms with Crippen LogP contribution in [0.4, 0.5) is 5.13 Å². The number of carboxylic acid groups (broad SMARTS) is 1. The molecule has 0 atom stereocenters. The van der Waals surface area contributed by atoms with Crippen molar-refractivity contribution in [1.82, 2.24) is 15.0 Å². The first-order valence-corrected chi connectivity index (χ1v) is 7.28. The number of nitrogens with zero attached hydrogens (tertiary/aromatic N) is 3. The molecular formula is C13H16N4O4S. The third kappa shape index (κ3) is 4.12. The average Bonchev–Trinajstić information content (AvgIpc) is 2.95. The van der Waals surface area contributed by atoms with Gasteiger partial charge in [-0.15, -0.1) is 0 Å². The zero-order chi connectivity index (χ0) is 16.3.